The topological polar surface area (TPSA) is 125 Å². The molecule has 170 valence electrons. The molecule has 2 aromatic heterocycles. The molecule has 0 radical (unpaired) electrons. The molecule has 0 atom stereocenters. The number of amides is 1. The van der Waals surface area contributed by atoms with E-state index in [9.17, 15) is 14.9 Å². The van der Waals surface area contributed by atoms with Gasteiger partial charge in [-0.1, -0.05) is 12.1 Å². The highest BCUT2D eigenvalue weighted by atomic mass is 16.5. The predicted molar refractivity (Wildman–Crippen MR) is 117 cm³/mol. The smallest absolute Gasteiger partial charge is 0.337 e. The van der Waals surface area contributed by atoms with E-state index in [2.05, 4.69) is 21.1 Å². The molecule has 33 heavy (non-hydrogen) atoms. The zero-order chi connectivity index (χ0) is 23.2. The Bertz CT molecular complexity index is 1140. The Labute approximate surface area is 190 Å². The van der Waals surface area contributed by atoms with Crippen LogP contribution in [0.1, 0.15) is 21.6 Å². The molecule has 0 unspecified atom stereocenters. The number of rotatable bonds is 7. The summed E-state index contributed by atoms with van der Waals surface area (Å²) in [5.41, 5.74) is 1.57. The quantitative estimate of drug-likeness (QED) is 0.539. The van der Waals surface area contributed by atoms with Crippen molar-refractivity contribution in [3.05, 3.63) is 59.5 Å². The summed E-state index contributed by atoms with van der Waals surface area (Å²) < 4.78 is 15.8. The van der Waals surface area contributed by atoms with Gasteiger partial charge in [0.1, 0.15) is 6.07 Å². The van der Waals surface area contributed by atoms with Crippen LogP contribution < -0.4 is 10.2 Å². The molecular weight excluding hydrogens is 426 g/mol. The molecule has 1 N–H and O–H groups in total. The van der Waals surface area contributed by atoms with E-state index in [-0.39, 0.29) is 24.0 Å². The van der Waals surface area contributed by atoms with Gasteiger partial charge in [-0.25, -0.2) is 4.79 Å². The number of esters is 1. The Morgan fingerprint density at radius 2 is 1.94 bits per heavy atom. The Balaban J connectivity index is 1.26. The predicted octanol–water partition coefficient (Wildman–Crippen LogP) is 2.03. The largest absolute Gasteiger partial charge is 0.465 e. The van der Waals surface area contributed by atoms with Crippen LogP contribution in [-0.2, 0) is 16.1 Å². The summed E-state index contributed by atoms with van der Waals surface area (Å²) >= 11 is 0. The van der Waals surface area contributed by atoms with Crippen LogP contribution in [0, 0.1) is 11.3 Å². The molecule has 10 nitrogen and oxygen atoms in total. The number of oxazole rings is 1. The zero-order valence-corrected chi connectivity index (χ0v) is 18.1. The van der Waals surface area contributed by atoms with Crippen LogP contribution in [-0.4, -0.2) is 61.6 Å². The number of hydrogen-bond acceptors (Lipinski definition) is 9. The fraction of sp³-hybridized carbons (Fsp3) is 0.304. The third-order valence-corrected chi connectivity index (χ3v) is 5.34. The number of furan rings is 1. The van der Waals surface area contributed by atoms with E-state index in [0.29, 0.717) is 49.9 Å². The highest BCUT2D eigenvalue weighted by Crippen LogP contribution is 2.29. The van der Waals surface area contributed by atoms with E-state index < -0.39 is 5.97 Å². The van der Waals surface area contributed by atoms with Crippen molar-refractivity contribution in [3.8, 4) is 17.7 Å². The van der Waals surface area contributed by atoms with Gasteiger partial charge in [0.2, 0.25) is 17.5 Å². The van der Waals surface area contributed by atoms with Gasteiger partial charge in [-0.15, -0.1) is 0 Å². The third-order valence-electron chi connectivity index (χ3n) is 5.34. The summed E-state index contributed by atoms with van der Waals surface area (Å²) in [5, 5.41) is 12.3. The number of ether oxygens (including phenoxy) is 1. The molecule has 10 heteroatoms. The lowest BCUT2D eigenvalue weighted by Crippen LogP contribution is -2.49. The molecule has 1 aliphatic heterocycles. The maximum absolute atomic E-state index is 12.4. The first-order chi connectivity index (χ1) is 16.1. The number of methoxy groups -OCH3 is 1. The summed E-state index contributed by atoms with van der Waals surface area (Å²) in [7, 11) is 1.34. The van der Waals surface area contributed by atoms with Crippen molar-refractivity contribution in [2.24, 2.45) is 0 Å². The highest BCUT2D eigenvalue weighted by molar-refractivity contribution is 5.89. The fourth-order valence-corrected chi connectivity index (χ4v) is 3.55. The van der Waals surface area contributed by atoms with Gasteiger partial charge in [0.15, 0.2) is 5.76 Å². The van der Waals surface area contributed by atoms with Gasteiger partial charge in [-0.05, 0) is 29.8 Å². The van der Waals surface area contributed by atoms with Crippen molar-refractivity contribution in [1.82, 2.24) is 15.2 Å². The third kappa shape index (κ3) is 5.22. The molecule has 3 heterocycles. The number of nitrogens with zero attached hydrogens (tertiary/aromatic N) is 4. The molecule has 1 saturated heterocycles. The molecule has 0 spiro atoms. The maximum Gasteiger partial charge on any atom is 0.337 e. The second-order valence-electron chi connectivity index (χ2n) is 7.49. The van der Waals surface area contributed by atoms with E-state index in [0.717, 1.165) is 5.56 Å². The molecule has 4 rings (SSSR count). The SMILES string of the molecule is COC(=O)c1ccc(CNC(=O)CN2CCN(c3oc(-c4ccco4)nc3C#N)CC2)cc1. The van der Waals surface area contributed by atoms with E-state index in [4.69, 9.17) is 8.83 Å². The standard InChI is InChI=1S/C23H23N5O5/c1-31-23(30)17-6-4-16(5-7-17)14-25-20(29)15-27-8-10-28(11-9-27)22-18(13-24)26-21(33-22)19-3-2-12-32-19/h2-7,12H,8-11,14-15H2,1H3,(H,25,29). The van der Waals surface area contributed by atoms with Gasteiger partial charge >= 0.3 is 5.97 Å². The van der Waals surface area contributed by atoms with Gasteiger partial charge < -0.3 is 23.8 Å². The van der Waals surface area contributed by atoms with Crippen LogP contribution in [0.2, 0.25) is 0 Å². The number of nitriles is 1. The number of nitrogens with one attached hydrogen (secondary N) is 1. The van der Waals surface area contributed by atoms with E-state index in [1.54, 1.807) is 36.4 Å². The molecule has 1 amide bonds. The lowest BCUT2D eigenvalue weighted by atomic mass is 10.1. The first-order valence-electron chi connectivity index (χ1n) is 10.4. The number of carbonyl (C=O) groups excluding carboxylic acids is 2. The second kappa shape index (κ2) is 10.0. The van der Waals surface area contributed by atoms with Crippen molar-refractivity contribution >= 4 is 17.8 Å². The van der Waals surface area contributed by atoms with Crippen molar-refractivity contribution < 1.29 is 23.2 Å². The summed E-state index contributed by atoms with van der Waals surface area (Å²) in [6.45, 7) is 3.13. The number of carbonyl (C=O) groups is 2. The van der Waals surface area contributed by atoms with Crippen molar-refractivity contribution in [2.45, 2.75) is 6.54 Å². The minimum Gasteiger partial charge on any atom is -0.465 e. The average molecular weight is 449 g/mol. The monoisotopic (exact) mass is 449 g/mol. The van der Waals surface area contributed by atoms with E-state index >= 15 is 0 Å². The molecule has 1 fully saturated rings. The van der Waals surface area contributed by atoms with Crippen LogP contribution in [0.5, 0.6) is 0 Å². The Kier molecular flexibility index (Phi) is 6.71. The second-order valence-corrected chi connectivity index (χ2v) is 7.49. The first-order valence-corrected chi connectivity index (χ1v) is 10.4. The Morgan fingerprint density at radius 1 is 1.18 bits per heavy atom. The normalized spacial score (nSPS) is 14.0. The molecule has 3 aromatic rings. The van der Waals surface area contributed by atoms with E-state index in [1.807, 2.05) is 9.80 Å². The van der Waals surface area contributed by atoms with Crippen molar-refractivity contribution in [2.75, 3.05) is 44.7 Å². The highest BCUT2D eigenvalue weighted by Gasteiger charge is 2.26. The van der Waals surface area contributed by atoms with Gasteiger partial charge in [-0.2, -0.15) is 10.2 Å². The summed E-state index contributed by atoms with van der Waals surface area (Å²) in [5.74, 6) is 0.677. The molecule has 0 bridgehead atoms. The number of anilines is 1. The Hall–Kier alpha value is -4.10. The van der Waals surface area contributed by atoms with Crippen LogP contribution in [0.4, 0.5) is 5.88 Å². The number of piperazine rings is 1. The van der Waals surface area contributed by atoms with Gasteiger partial charge in [0, 0.05) is 32.7 Å². The van der Waals surface area contributed by atoms with Crippen LogP contribution in [0.15, 0.2) is 51.5 Å². The number of benzene rings is 1. The summed E-state index contributed by atoms with van der Waals surface area (Å²) in [4.78, 5) is 32.1. The Morgan fingerprint density at radius 3 is 2.58 bits per heavy atom. The molecule has 1 aromatic carbocycles. The molecule has 0 aliphatic carbocycles. The zero-order valence-electron chi connectivity index (χ0n) is 18.1. The lowest BCUT2D eigenvalue weighted by Gasteiger charge is -2.34. The maximum atomic E-state index is 12.4. The van der Waals surface area contributed by atoms with Crippen molar-refractivity contribution in [1.29, 1.82) is 5.26 Å². The fourth-order valence-electron chi connectivity index (χ4n) is 3.55. The number of aromatic nitrogens is 1. The molecule has 1 aliphatic rings. The van der Waals surface area contributed by atoms with Crippen molar-refractivity contribution in [3.63, 3.8) is 0 Å². The summed E-state index contributed by atoms with van der Waals surface area (Å²) in [6.07, 6.45) is 1.52. The van der Waals surface area contributed by atoms with Crippen LogP contribution in [0.3, 0.4) is 0 Å². The molecule has 0 saturated carbocycles. The number of hydrogen-bond donors (Lipinski definition) is 1. The van der Waals surface area contributed by atoms with Gasteiger partial charge in [0.05, 0.1) is 25.5 Å². The first kappa shape index (κ1) is 22.1. The minimum atomic E-state index is -0.394. The van der Waals surface area contributed by atoms with E-state index in [1.165, 1.54) is 13.4 Å². The lowest BCUT2D eigenvalue weighted by molar-refractivity contribution is -0.122. The average Bonchev–Trinajstić information content (AvgIpc) is 3.53. The molecular formula is C23H23N5O5. The van der Waals surface area contributed by atoms with Crippen LogP contribution >= 0.6 is 0 Å². The minimum absolute atomic E-state index is 0.0852. The van der Waals surface area contributed by atoms with Gasteiger partial charge in [-0.3, -0.25) is 9.69 Å². The summed E-state index contributed by atoms with van der Waals surface area (Å²) in [6, 6.07) is 12.4. The van der Waals surface area contributed by atoms with Gasteiger partial charge in [0.25, 0.3) is 5.89 Å². The van der Waals surface area contributed by atoms with Crippen LogP contribution in [0.25, 0.3) is 11.7 Å².